The zero-order chi connectivity index (χ0) is 33.9. The summed E-state index contributed by atoms with van der Waals surface area (Å²) >= 11 is 5.99. The van der Waals surface area contributed by atoms with E-state index >= 15 is 0 Å². The first-order valence-corrected chi connectivity index (χ1v) is 16.9. The van der Waals surface area contributed by atoms with Gasteiger partial charge >= 0.3 is 47.7 Å². The number of nitrogens with one attached hydrogen (secondary N) is 4. The predicted octanol–water partition coefficient (Wildman–Crippen LogP) is -0.921. The summed E-state index contributed by atoms with van der Waals surface area (Å²) < 4.78 is 52.1. The van der Waals surface area contributed by atoms with Crippen LogP contribution in [0.4, 0.5) is 9.59 Å². The summed E-state index contributed by atoms with van der Waals surface area (Å²) in [5.74, 6) is -2.94. The number of carbonyl (C=O) groups excluding carboxylic acids is 5. The maximum atomic E-state index is 13.7. The molecule has 1 aromatic carbocycles. The molecular formula is C29H40ClN4NaO11S. The monoisotopic (exact) mass is 710 g/mol. The van der Waals surface area contributed by atoms with Crippen LogP contribution >= 0.6 is 11.6 Å². The molecule has 1 aliphatic carbocycles. The van der Waals surface area contributed by atoms with Gasteiger partial charge in [-0.2, -0.15) is 0 Å². The number of amides is 4. The molecule has 4 amide bonds. The Morgan fingerprint density at radius 3 is 2.34 bits per heavy atom. The van der Waals surface area contributed by atoms with Crippen molar-refractivity contribution in [2.24, 2.45) is 11.8 Å². The Morgan fingerprint density at radius 1 is 1.04 bits per heavy atom. The topological polar surface area (TPSA) is 218 Å². The van der Waals surface area contributed by atoms with Crippen molar-refractivity contribution in [3.8, 4) is 0 Å². The van der Waals surface area contributed by atoms with Crippen molar-refractivity contribution >= 4 is 51.7 Å². The van der Waals surface area contributed by atoms with Crippen LogP contribution < -0.4 is 50.8 Å². The normalized spacial score (nSPS) is 19.1. The molecule has 18 heteroatoms. The van der Waals surface area contributed by atoms with Crippen molar-refractivity contribution in [3.63, 3.8) is 0 Å². The number of methoxy groups -OCH3 is 1. The molecule has 1 saturated carbocycles. The molecule has 47 heavy (non-hydrogen) atoms. The molecule has 0 aromatic heterocycles. The van der Waals surface area contributed by atoms with E-state index in [4.69, 9.17) is 21.1 Å². The van der Waals surface area contributed by atoms with E-state index < -0.39 is 69.6 Å². The fraction of sp³-hybridized carbons (Fsp3) is 0.621. The number of ether oxygens (including phenoxy) is 3. The van der Waals surface area contributed by atoms with Crippen molar-refractivity contribution in [1.82, 2.24) is 21.3 Å². The number of esters is 1. The number of alkyl carbamates (subject to hydrolysis) is 2. The van der Waals surface area contributed by atoms with Gasteiger partial charge in [0.15, 0.2) is 0 Å². The molecule has 2 unspecified atom stereocenters. The van der Waals surface area contributed by atoms with Crippen molar-refractivity contribution in [2.75, 3.05) is 13.7 Å². The Kier molecular flexibility index (Phi) is 16.7. The molecule has 256 valence electrons. The Morgan fingerprint density at radius 2 is 1.74 bits per heavy atom. The molecule has 1 saturated heterocycles. The smallest absolute Gasteiger partial charge is 0.745 e. The molecule has 3 rings (SSSR count). The molecule has 0 bridgehead atoms. The third-order valence-electron chi connectivity index (χ3n) is 7.92. The average molecular weight is 711 g/mol. The van der Waals surface area contributed by atoms with Gasteiger partial charge in [0.25, 0.3) is 0 Å². The minimum Gasteiger partial charge on any atom is -0.745 e. The van der Waals surface area contributed by atoms with Crippen LogP contribution in [0.2, 0.25) is 5.02 Å². The molecule has 2 fully saturated rings. The van der Waals surface area contributed by atoms with Gasteiger partial charge in [0.2, 0.25) is 17.3 Å². The summed E-state index contributed by atoms with van der Waals surface area (Å²) in [4.78, 5) is 63.2. The van der Waals surface area contributed by atoms with Gasteiger partial charge in [-0.1, -0.05) is 55.8 Å². The summed E-state index contributed by atoms with van der Waals surface area (Å²) in [6, 6.07) is 2.46. The second-order valence-electron chi connectivity index (χ2n) is 11.4. The largest absolute Gasteiger partial charge is 1.00 e. The second kappa shape index (κ2) is 19.4. The Hall–Kier alpha value is -2.63. The summed E-state index contributed by atoms with van der Waals surface area (Å²) in [6.45, 7) is 1.37. The minimum atomic E-state index is -5.46. The van der Waals surface area contributed by atoms with Crippen LogP contribution in [-0.4, -0.2) is 80.2 Å². The number of hydrogen-bond donors (Lipinski definition) is 4. The van der Waals surface area contributed by atoms with Gasteiger partial charge in [-0.15, -0.1) is 0 Å². The molecule has 5 atom stereocenters. The van der Waals surface area contributed by atoms with E-state index in [1.54, 1.807) is 24.3 Å². The molecular weight excluding hydrogens is 671 g/mol. The standard InChI is InChI=1S/C29H41ClN4O11S.Na/c1-17(26(37)43-2)32-29(39)45-27(46(40,41)42)23(15-20-11-12-31-24(20)35)33-25(36)22(14-18-7-4-3-5-8-18)34-28(38)44-16-19-9-6-10-21(30)13-19;/h6,9-10,13,17-18,20,22-23,27H,3-5,7-8,11-12,14-16H2,1-2H3,(H,31,35)(H,32,39)(H,33,36)(H,34,38)(H,40,41,42);/q;+1/p-1/t17?,20-,22-,23-,27?;/m0./s1. The first kappa shape index (κ1) is 40.5. The van der Waals surface area contributed by atoms with Crippen LogP contribution in [0, 0.1) is 11.8 Å². The molecule has 0 spiro atoms. The number of benzene rings is 1. The van der Waals surface area contributed by atoms with Crippen molar-refractivity contribution in [2.45, 2.75) is 88.5 Å². The van der Waals surface area contributed by atoms with Crippen LogP contribution in [0.1, 0.15) is 63.9 Å². The van der Waals surface area contributed by atoms with Gasteiger partial charge in [-0.25, -0.2) is 22.8 Å². The number of carbonyl (C=O) groups is 5. The average Bonchev–Trinajstić information content (AvgIpc) is 3.41. The Balaban J connectivity index is 0.00000768. The zero-order valence-corrected chi connectivity index (χ0v) is 30.2. The first-order chi connectivity index (χ1) is 21.8. The van der Waals surface area contributed by atoms with Crippen LogP contribution in [0.15, 0.2) is 24.3 Å². The van der Waals surface area contributed by atoms with E-state index in [0.717, 1.165) is 39.2 Å². The summed E-state index contributed by atoms with van der Waals surface area (Å²) in [7, 11) is -4.39. The van der Waals surface area contributed by atoms with Gasteiger partial charge in [-0.05, 0) is 49.8 Å². The molecule has 1 aliphatic heterocycles. The number of hydrogen-bond acceptors (Lipinski definition) is 11. The molecule has 15 nitrogen and oxygen atoms in total. The number of rotatable bonds is 14. The molecule has 2 aliphatic rings. The van der Waals surface area contributed by atoms with E-state index in [9.17, 15) is 36.9 Å². The Bertz CT molecular complexity index is 1360. The molecule has 1 heterocycles. The zero-order valence-electron chi connectivity index (χ0n) is 26.6. The summed E-state index contributed by atoms with van der Waals surface area (Å²) in [6.07, 6.45) is 2.19. The second-order valence-corrected chi connectivity index (χ2v) is 13.3. The third kappa shape index (κ3) is 13.4. The quantitative estimate of drug-likeness (QED) is 0.0801. The fourth-order valence-corrected chi connectivity index (χ4v) is 6.54. The van der Waals surface area contributed by atoms with Gasteiger partial charge in [0.05, 0.1) is 13.2 Å². The fourth-order valence-electron chi connectivity index (χ4n) is 5.54. The third-order valence-corrected chi connectivity index (χ3v) is 9.14. The first-order valence-electron chi connectivity index (χ1n) is 15.0. The maximum absolute atomic E-state index is 13.7. The van der Waals surface area contributed by atoms with Crippen LogP contribution in [-0.2, 0) is 45.3 Å². The van der Waals surface area contributed by atoms with Crippen molar-refractivity contribution in [3.05, 3.63) is 34.9 Å². The predicted molar refractivity (Wildman–Crippen MR) is 162 cm³/mol. The van der Waals surface area contributed by atoms with Gasteiger partial charge < -0.3 is 40.0 Å². The van der Waals surface area contributed by atoms with Gasteiger partial charge in [0, 0.05) is 17.5 Å². The van der Waals surface area contributed by atoms with Gasteiger partial charge in [0.1, 0.15) is 28.8 Å². The SMILES string of the molecule is COC(=O)C(C)NC(=O)OC([C@H](C[C@@H]1CCNC1=O)NC(=O)[C@H](CC1CCCCC1)NC(=O)OCc1cccc(Cl)c1)S(=O)(=O)[O-].[Na+]. The van der Waals surface area contributed by atoms with E-state index in [1.807, 2.05) is 0 Å². The van der Waals surface area contributed by atoms with Crippen molar-refractivity contribution in [1.29, 1.82) is 0 Å². The maximum Gasteiger partial charge on any atom is 1.00 e. The molecule has 4 N–H and O–H groups in total. The number of halogens is 1. The summed E-state index contributed by atoms with van der Waals surface area (Å²) in [5.41, 5.74) is -1.88. The van der Waals surface area contributed by atoms with E-state index in [-0.39, 0.29) is 67.9 Å². The van der Waals surface area contributed by atoms with Crippen molar-refractivity contribution < 1.29 is 80.7 Å². The van der Waals surface area contributed by atoms with Crippen LogP contribution in [0.5, 0.6) is 0 Å². The van der Waals surface area contributed by atoms with Crippen LogP contribution in [0.25, 0.3) is 0 Å². The summed E-state index contributed by atoms with van der Waals surface area (Å²) in [5, 5.41) is 10.1. The van der Waals surface area contributed by atoms with E-state index in [1.165, 1.54) is 6.92 Å². The minimum absolute atomic E-state index is 0. The van der Waals surface area contributed by atoms with Gasteiger partial charge in [-0.3, -0.25) is 9.59 Å². The molecule has 0 radical (unpaired) electrons. The van der Waals surface area contributed by atoms with E-state index in [2.05, 4.69) is 26.0 Å². The van der Waals surface area contributed by atoms with Crippen LogP contribution in [0.3, 0.4) is 0 Å². The Labute approximate surface area is 301 Å². The van der Waals surface area contributed by atoms with E-state index in [0.29, 0.717) is 10.6 Å². The molecule has 1 aromatic rings.